The zero-order valence-electron chi connectivity index (χ0n) is 13.8. The largest absolute Gasteiger partial charge is 0.444 e. The number of likely N-dealkylation sites (tertiary alicyclic amines) is 1. The van der Waals surface area contributed by atoms with Gasteiger partial charge in [-0.25, -0.2) is 4.79 Å². The molecule has 0 aromatic carbocycles. The molecule has 1 amide bonds. The number of carbonyl (C=O) groups excluding carboxylic acids is 1. The van der Waals surface area contributed by atoms with Gasteiger partial charge in [-0.2, -0.15) is 0 Å². The van der Waals surface area contributed by atoms with Crippen LogP contribution in [0.2, 0.25) is 0 Å². The van der Waals surface area contributed by atoms with Crippen molar-refractivity contribution in [3.8, 4) is 0 Å². The summed E-state index contributed by atoms with van der Waals surface area (Å²) in [5.74, 6) is -0.764. The minimum atomic E-state index is -0.764. The predicted octanol–water partition coefficient (Wildman–Crippen LogP) is 2.83. The standard InChI is InChI=1S/C14H24N4O4/c1-12(2,3)21-11(19)18-7-6-14(9-16-17-15)10(8-18)20-13(4,5)22-14/h10H,6-9H2,1-5H3/t10-,14-/m1/s1. The van der Waals surface area contributed by atoms with Crippen LogP contribution in [0, 0.1) is 0 Å². The normalized spacial score (nSPS) is 30.4. The van der Waals surface area contributed by atoms with Gasteiger partial charge in [-0.05, 0) is 46.6 Å². The van der Waals surface area contributed by atoms with E-state index in [1.54, 1.807) is 4.90 Å². The number of piperidine rings is 1. The van der Waals surface area contributed by atoms with Gasteiger partial charge in [0, 0.05) is 11.5 Å². The Morgan fingerprint density at radius 2 is 2.18 bits per heavy atom. The molecule has 0 saturated carbocycles. The molecule has 0 radical (unpaired) electrons. The molecule has 2 saturated heterocycles. The third-order valence-corrected chi connectivity index (χ3v) is 3.71. The van der Waals surface area contributed by atoms with Gasteiger partial charge < -0.3 is 19.1 Å². The average molecular weight is 312 g/mol. The summed E-state index contributed by atoms with van der Waals surface area (Å²) in [4.78, 5) is 16.6. The lowest BCUT2D eigenvalue weighted by Gasteiger charge is -2.41. The van der Waals surface area contributed by atoms with Gasteiger partial charge in [-0.3, -0.25) is 0 Å². The number of ether oxygens (including phenoxy) is 3. The van der Waals surface area contributed by atoms with Crippen molar-refractivity contribution in [3.63, 3.8) is 0 Å². The van der Waals surface area contributed by atoms with Crippen LogP contribution in [-0.4, -0.2) is 53.7 Å². The molecule has 0 N–H and O–H groups in total. The van der Waals surface area contributed by atoms with E-state index in [2.05, 4.69) is 10.0 Å². The van der Waals surface area contributed by atoms with Gasteiger partial charge in [0.05, 0.1) is 13.1 Å². The summed E-state index contributed by atoms with van der Waals surface area (Å²) >= 11 is 0. The molecule has 0 unspecified atom stereocenters. The average Bonchev–Trinajstić information content (AvgIpc) is 2.63. The first-order valence-electron chi connectivity index (χ1n) is 7.44. The SMILES string of the molecule is CC(C)(C)OC(=O)N1CC[C@]2(CN=[N+]=[N-])OC(C)(C)O[C@@H]2C1. The molecule has 8 nitrogen and oxygen atoms in total. The van der Waals surface area contributed by atoms with E-state index in [0.717, 1.165) is 0 Å². The van der Waals surface area contributed by atoms with Gasteiger partial charge in [-0.1, -0.05) is 5.11 Å². The first-order chi connectivity index (χ1) is 10.1. The van der Waals surface area contributed by atoms with Crippen LogP contribution in [-0.2, 0) is 14.2 Å². The number of azide groups is 1. The van der Waals surface area contributed by atoms with E-state index < -0.39 is 17.0 Å². The molecule has 22 heavy (non-hydrogen) atoms. The molecule has 0 bridgehead atoms. The van der Waals surface area contributed by atoms with Gasteiger partial charge in [0.15, 0.2) is 5.79 Å². The number of amides is 1. The van der Waals surface area contributed by atoms with Gasteiger partial charge in [-0.15, -0.1) is 0 Å². The lowest BCUT2D eigenvalue weighted by molar-refractivity contribution is -0.161. The van der Waals surface area contributed by atoms with Crippen LogP contribution in [0.5, 0.6) is 0 Å². The van der Waals surface area contributed by atoms with Crippen molar-refractivity contribution in [2.24, 2.45) is 5.11 Å². The molecule has 2 aliphatic rings. The van der Waals surface area contributed by atoms with E-state index in [4.69, 9.17) is 19.7 Å². The third-order valence-electron chi connectivity index (χ3n) is 3.71. The van der Waals surface area contributed by atoms with Crippen LogP contribution >= 0.6 is 0 Å². The zero-order valence-corrected chi connectivity index (χ0v) is 13.8. The summed E-state index contributed by atoms with van der Waals surface area (Å²) in [6.45, 7) is 10.2. The van der Waals surface area contributed by atoms with E-state index in [0.29, 0.717) is 19.5 Å². The molecule has 0 aromatic heterocycles. The van der Waals surface area contributed by atoms with Crippen molar-refractivity contribution < 1.29 is 19.0 Å². The van der Waals surface area contributed by atoms with Gasteiger partial charge >= 0.3 is 6.09 Å². The molecule has 2 rings (SSSR count). The molecule has 0 aromatic rings. The fraction of sp³-hybridized carbons (Fsp3) is 0.929. The third kappa shape index (κ3) is 3.63. The molecule has 2 atom stereocenters. The fourth-order valence-electron chi connectivity index (χ4n) is 2.92. The summed E-state index contributed by atoms with van der Waals surface area (Å²) in [6, 6.07) is 0. The number of carbonyl (C=O) groups is 1. The monoisotopic (exact) mass is 312 g/mol. The van der Waals surface area contributed by atoms with Gasteiger partial charge in [0.25, 0.3) is 0 Å². The van der Waals surface area contributed by atoms with E-state index in [1.807, 2.05) is 34.6 Å². The Hall–Kier alpha value is -1.50. The van der Waals surface area contributed by atoms with Crippen molar-refractivity contribution in [1.82, 2.24) is 4.90 Å². The molecule has 124 valence electrons. The van der Waals surface area contributed by atoms with Crippen molar-refractivity contribution in [1.29, 1.82) is 0 Å². The maximum atomic E-state index is 12.2. The smallest absolute Gasteiger partial charge is 0.410 e. The number of hydrogen-bond donors (Lipinski definition) is 0. The molecule has 2 aliphatic heterocycles. The second-order valence-corrected chi connectivity index (χ2v) is 7.24. The van der Waals surface area contributed by atoms with Gasteiger partial charge in [0.2, 0.25) is 0 Å². The Labute approximate surface area is 130 Å². The molecule has 0 spiro atoms. The minimum Gasteiger partial charge on any atom is -0.444 e. The maximum absolute atomic E-state index is 12.2. The molecule has 0 aliphatic carbocycles. The first-order valence-corrected chi connectivity index (χ1v) is 7.44. The molecule has 2 fully saturated rings. The van der Waals surface area contributed by atoms with E-state index in [1.165, 1.54) is 0 Å². The number of rotatable bonds is 2. The number of nitrogens with zero attached hydrogens (tertiary/aromatic N) is 4. The summed E-state index contributed by atoms with van der Waals surface area (Å²) in [5, 5.41) is 3.66. The Balaban J connectivity index is 2.11. The number of fused-ring (bicyclic) bond motifs is 1. The molecular weight excluding hydrogens is 288 g/mol. The highest BCUT2D eigenvalue weighted by Crippen LogP contribution is 2.42. The van der Waals surface area contributed by atoms with Crippen molar-refractivity contribution in [2.45, 2.75) is 64.1 Å². The van der Waals surface area contributed by atoms with Crippen LogP contribution in [0.3, 0.4) is 0 Å². The van der Waals surface area contributed by atoms with Crippen molar-refractivity contribution in [3.05, 3.63) is 10.4 Å². The van der Waals surface area contributed by atoms with Crippen molar-refractivity contribution in [2.75, 3.05) is 19.6 Å². The quantitative estimate of drug-likeness (QED) is 0.445. The highest BCUT2D eigenvalue weighted by atomic mass is 16.8. The Bertz CT molecular complexity index is 496. The second-order valence-electron chi connectivity index (χ2n) is 7.24. The minimum absolute atomic E-state index is 0.194. The highest BCUT2D eigenvalue weighted by molar-refractivity contribution is 5.68. The Morgan fingerprint density at radius 1 is 1.50 bits per heavy atom. The second kappa shape index (κ2) is 5.61. The van der Waals surface area contributed by atoms with Crippen LogP contribution in [0.25, 0.3) is 10.4 Å². The van der Waals surface area contributed by atoms with Crippen LogP contribution < -0.4 is 0 Å². The number of hydrogen-bond acceptors (Lipinski definition) is 5. The summed E-state index contributed by atoms with van der Waals surface area (Å²) in [7, 11) is 0. The molecular formula is C14H24N4O4. The Kier molecular flexibility index (Phi) is 4.30. The van der Waals surface area contributed by atoms with E-state index in [9.17, 15) is 4.79 Å². The lowest BCUT2D eigenvalue weighted by atomic mass is 9.89. The Morgan fingerprint density at radius 3 is 2.77 bits per heavy atom. The predicted molar refractivity (Wildman–Crippen MR) is 79.2 cm³/mol. The van der Waals surface area contributed by atoms with Crippen LogP contribution in [0.1, 0.15) is 41.0 Å². The van der Waals surface area contributed by atoms with Crippen LogP contribution in [0.4, 0.5) is 4.79 Å². The lowest BCUT2D eigenvalue weighted by Crippen LogP contribution is -2.57. The summed E-state index contributed by atoms with van der Waals surface area (Å²) in [5.41, 5.74) is 7.38. The van der Waals surface area contributed by atoms with Crippen LogP contribution in [0.15, 0.2) is 5.11 Å². The summed E-state index contributed by atoms with van der Waals surface area (Å²) in [6.07, 6.45) is -0.160. The summed E-state index contributed by atoms with van der Waals surface area (Å²) < 4.78 is 17.3. The molecule has 8 heteroatoms. The highest BCUT2D eigenvalue weighted by Gasteiger charge is 2.55. The first kappa shape index (κ1) is 16.9. The van der Waals surface area contributed by atoms with E-state index >= 15 is 0 Å². The van der Waals surface area contributed by atoms with Crippen molar-refractivity contribution >= 4 is 6.09 Å². The van der Waals surface area contributed by atoms with Gasteiger partial charge in [0.1, 0.15) is 17.3 Å². The van der Waals surface area contributed by atoms with E-state index in [-0.39, 0.29) is 18.7 Å². The zero-order chi connectivity index (χ0) is 16.6. The fourth-order valence-corrected chi connectivity index (χ4v) is 2.92. The molecule has 2 heterocycles. The topological polar surface area (TPSA) is 96.8 Å². The maximum Gasteiger partial charge on any atom is 0.410 e.